The van der Waals surface area contributed by atoms with E-state index in [9.17, 15) is 10.1 Å². The molecule has 2 aromatic rings. The molecule has 0 aromatic heterocycles. The van der Waals surface area contributed by atoms with Crippen LogP contribution in [0, 0.1) is 21.4 Å². The lowest BCUT2D eigenvalue weighted by Crippen LogP contribution is -1.90. The Balaban J connectivity index is 2.45. The smallest absolute Gasteiger partial charge is 0.258 e. The second-order valence-corrected chi connectivity index (χ2v) is 5.10. The topological polar surface area (TPSA) is 66.9 Å². The standard InChI is InChI=1S/C13H7ClN2O2S/c14-10-6-5-9(8-15)13(7-10)19-12-4-2-1-3-11(12)16(17)18/h1-7H. The molecule has 6 heteroatoms. The Labute approximate surface area is 118 Å². The molecule has 0 spiro atoms. The summed E-state index contributed by atoms with van der Waals surface area (Å²) in [5.74, 6) is 0. The Hall–Kier alpha value is -2.03. The zero-order chi connectivity index (χ0) is 13.8. The molecular formula is C13H7ClN2O2S. The van der Waals surface area contributed by atoms with Crippen molar-refractivity contribution in [3.63, 3.8) is 0 Å². The minimum Gasteiger partial charge on any atom is -0.258 e. The van der Waals surface area contributed by atoms with Gasteiger partial charge in [-0.3, -0.25) is 10.1 Å². The predicted octanol–water partition coefficient (Wildman–Crippen LogP) is 4.27. The molecule has 0 amide bonds. The Morgan fingerprint density at radius 2 is 1.95 bits per heavy atom. The quantitative estimate of drug-likeness (QED) is 0.625. The van der Waals surface area contributed by atoms with E-state index in [0.29, 0.717) is 20.4 Å². The van der Waals surface area contributed by atoms with Crippen molar-refractivity contribution in [2.45, 2.75) is 9.79 Å². The van der Waals surface area contributed by atoms with Gasteiger partial charge in [0.2, 0.25) is 0 Å². The first-order chi connectivity index (χ1) is 9.11. The van der Waals surface area contributed by atoms with Crippen LogP contribution in [0.5, 0.6) is 0 Å². The summed E-state index contributed by atoms with van der Waals surface area (Å²) < 4.78 is 0. The molecular weight excluding hydrogens is 284 g/mol. The van der Waals surface area contributed by atoms with Crippen LogP contribution in [-0.4, -0.2) is 4.92 Å². The maximum absolute atomic E-state index is 10.9. The van der Waals surface area contributed by atoms with E-state index < -0.39 is 4.92 Å². The highest BCUT2D eigenvalue weighted by Crippen LogP contribution is 2.37. The molecule has 0 atom stereocenters. The Bertz CT molecular complexity index is 683. The van der Waals surface area contributed by atoms with Crippen LogP contribution in [0.2, 0.25) is 5.02 Å². The number of nitro groups is 1. The van der Waals surface area contributed by atoms with Crippen LogP contribution in [0.25, 0.3) is 0 Å². The van der Waals surface area contributed by atoms with Gasteiger partial charge in [0.15, 0.2) is 0 Å². The van der Waals surface area contributed by atoms with E-state index >= 15 is 0 Å². The number of benzene rings is 2. The number of nitro benzene ring substituents is 1. The molecule has 0 heterocycles. The molecule has 0 radical (unpaired) electrons. The van der Waals surface area contributed by atoms with Gasteiger partial charge in [-0.15, -0.1) is 0 Å². The second-order valence-electron chi connectivity index (χ2n) is 3.58. The summed E-state index contributed by atoms with van der Waals surface area (Å²) in [6.45, 7) is 0. The van der Waals surface area contributed by atoms with E-state index in [1.807, 2.05) is 6.07 Å². The lowest BCUT2D eigenvalue weighted by molar-refractivity contribution is -0.387. The molecule has 0 N–H and O–H groups in total. The predicted molar refractivity (Wildman–Crippen MR) is 73.4 cm³/mol. The number of nitriles is 1. The number of hydrogen-bond acceptors (Lipinski definition) is 4. The summed E-state index contributed by atoms with van der Waals surface area (Å²) in [6, 6.07) is 13.3. The van der Waals surface area contributed by atoms with Crippen molar-refractivity contribution < 1.29 is 4.92 Å². The van der Waals surface area contributed by atoms with E-state index in [1.165, 1.54) is 6.07 Å². The summed E-state index contributed by atoms with van der Waals surface area (Å²) in [7, 11) is 0. The molecule has 19 heavy (non-hydrogen) atoms. The fraction of sp³-hybridized carbons (Fsp3) is 0. The van der Waals surface area contributed by atoms with Crippen molar-refractivity contribution in [3.05, 3.63) is 63.2 Å². The van der Waals surface area contributed by atoms with Crippen molar-refractivity contribution in [3.8, 4) is 6.07 Å². The maximum atomic E-state index is 10.9. The number of rotatable bonds is 3. The molecule has 0 fully saturated rings. The van der Waals surface area contributed by atoms with Crippen LogP contribution in [0.1, 0.15) is 5.56 Å². The van der Waals surface area contributed by atoms with Crippen molar-refractivity contribution in [1.29, 1.82) is 5.26 Å². The SMILES string of the molecule is N#Cc1ccc(Cl)cc1Sc1ccccc1[N+](=O)[O-]. The average molecular weight is 291 g/mol. The van der Waals surface area contributed by atoms with Gasteiger partial charge in [0.05, 0.1) is 15.4 Å². The van der Waals surface area contributed by atoms with Crippen LogP contribution in [-0.2, 0) is 0 Å². The van der Waals surface area contributed by atoms with Crippen molar-refractivity contribution in [2.24, 2.45) is 0 Å². The Kier molecular flexibility index (Phi) is 4.05. The summed E-state index contributed by atoms with van der Waals surface area (Å²) in [5, 5.41) is 20.4. The van der Waals surface area contributed by atoms with E-state index in [1.54, 1.807) is 36.4 Å². The van der Waals surface area contributed by atoms with Crippen molar-refractivity contribution in [2.75, 3.05) is 0 Å². The normalized spacial score (nSPS) is 9.89. The van der Waals surface area contributed by atoms with Gasteiger partial charge in [-0.25, -0.2) is 0 Å². The minimum atomic E-state index is -0.446. The molecule has 94 valence electrons. The summed E-state index contributed by atoms with van der Waals surface area (Å²) in [6.07, 6.45) is 0. The van der Waals surface area contributed by atoms with E-state index in [-0.39, 0.29) is 5.69 Å². The van der Waals surface area contributed by atoms with Gasteiger partial charge in [-0.2, -0.15) is 5.26 Å². The highest BCUT2D eigenvalue weighted by Gasteiger charge is 2.15. The summed E-state index contributed by atoms with van der Waals surface area (Å²) in [5.41, 5.74) is 0.448. The van der Waals surface area contributed by atoms with Gasteiger partial charge in [-0.05, 0) is 24.3 Å². The molecule has 2 aromatic carbocycles. The van der Waals surface area contributed by atoms with Gasteiger partial charge in [0.1, 0.15) is 6.07 Å². The van der Waals surface area contributed by atoms with Gasteiger partial charge >= 0.3 is 0 Å². The Morgan fingerprint density at radius 1 is 1.21 bits per heavy atom. The fourth-order valence-electron chi connectivity index (χ4n) is 1.49. The molecule has 0 unspecified atom stereocenters. The summed E-state index contributed by atoms with van der Waals surface area (Å²) in [4.78, 5) is 11.6. The molecule has 2 rings (SSSR count). The van der Waals surface area contributed by atoms with Gasteiger partial charge < -0.3 is 0 Å². The molecule has 0 bridgehead atoms. The zero-order valence-electron chi connectivity index (χ0n) is 9.54. The fourth-order valence-corrected chi connectivity index (χ4v) is 2.76. The van der Waals surface area contributed by atoms with Gasteiger partial charge in [0, 0.05) is 16.0 Å². The van der Waals surface area contributed by atoms with E-state index in [4.69, 9.17) is 16.9 Å². The number of hydrogen-bond donors (Lipinski definition) is 0. The number of nitrogens with zero attached hydrogens (tertiary/aromatic N) is 2. The zero-order valence-corrected chi connectivity index (χ0v) is 11.1. The van der Waals surface area contributed by atoms with Crippen LogP contribution < -0.4 is 0 Å². The van der Waals surface area contributed by atoms with Crippen molar-refractivity contribution in [1.82, 2.24) is 0 Å². The molecule has 4 nitrogen and oxygen atoms in total. The van der Waals surface area contributed by atoms with Gasteiger partial charge in [-0.1, -0.05) is 35.5 Å². The summed E-state index contributed by atoms with van der Waals surface area (Å²) >= 11 is 7.05. The highest BCUT2D eigenvalue weighted by molar-refractivity contribution is 7.99. The van der Waals surface area contributed by atoms with E-state index in [0.717, 1.165) is 11.8 Å². The average Bonchev–Trinajstić information content (AvgIpc) is 2.39. The van der Waals surface area contributed by atoms with Gasteiger partial charge in [0.25, 0.3) is 5.69 Å². The minimum absolute atomic E-state index is 0.0105. The molecule has 0 aliphatic heterocycles. The lowest BCUT2D eigenvalue weighted by atomic mass is 10.2. The molecule has 0 aliphatic rings. The van der Waals surface area contributed by atoms with E-state index in [2.05, 4.69) is 0 Å². The van der Waals surface area contributed by atoms with Crippen LogP contribution in [0.4, 0.5) is 5.69 Å². The second kappa shape index (κ2) is 5.74. The first kappa shape index (κ1) is 13.4. The molecule has 0 saturated carbocycles. The monoisotopic (exact) mass is 290 g/mol. The largest absolute Gasteiger partial charge is 0.283 e. The highest BCUT2D eigenvalue weighted by atomic mass is 35.5. The van der Waals surface area contributed by atoms with Crippen molar-refractivity contribution >= 4 is 29.1 Å². The third-order valence-electron chi connectivity index (χ3n) is 2.35. The third-order valence-corrected chi connectivity index (χ3v) is 3.70. The van der Waals surface area contributed by atoms with Crippen LogP contribution >= 0.6 is 23.4 Å². The van der Waals surface area contributed by atoms with Crippen LogP contribution in [0.3, 0.4) is 0 Å². The number of halogens is 1. The third kappa shape index (κ3) is 3.05. The van der Waals surface area contributed by atoms with Crippen LogP contribution in [0.15, 0.2) is 52.3 Å². The lowest BCUT2D eigenvalue weighted by Gasteiger charge is -2.05. The molecule has 0 aliphatic carbocycles. The molecule has 0 saturated heterocycles. The Morgan fingerprint density at radius 3 is 2.63 bits per heavy atom. The first-order valence-electron chi connectivity index (χ1n) is 5.22. The number of para-hydroxylation sites is 1. The first-order valence-corrected chi connectivity index (χ1v) is 6.42. The maximum Gasteiger partial charge on any atom is 0.283 e.